The quantitative estimate of drug-likeness (QED) is 0.0850. The maximum atomic E-state index is 13.8. The summed E-state index contributed by atoms with van der Waals surface area (Å²) in [4.78, 5) is 41.5. The molecule has 1 unspecified atom stereocenters. The predicted octanol–water partition coefficient (Wildman–Crippen LogP) is 10.5. The van der Waals surface area contributed by atoms with Crippen LogP contribution in [-0.2, 0) is 16.0 Å². The molecule has 0 aliphatic carbocycles. The number of carbonyl (C=O) groups excluding carboxylic acids is 3. The van der Waals surface area contributed by atoms with Crippen LogP contribution in [0.1, 0.15) is 45.0 Å². The first-order valence-corrected chi connectivity index (χ1v) is 18.4. The number of nitrogens with one attached hydrogen (secondary N) is 3. The van der Waals surface area contributed by atoms with Gasteiger partial charge in [0.05, 0.1) is 0 Å². The summed E-state index contributed by atoms with van der Waals surface area (Å²) in [6.07, 6.45) is 2.30. The van der Waals surface area contributed by atoms with E-state index in [0.29, 0.717) is 22.8 Å². The van der Waals surface area contributed by atoms with Crippen molar-refractivity contribution in [3.05, 3.63) is 178 Å². The van der Waals surface area contributed by atoms with Gasteiger partial charge in [-0.25, -0.2) is 0 Å². The molecule has 1 atom stereocenters. The van der Waals surface area contributed by atoms with Crippen molar-refractivity contribution >= 4 is 62.9 Å². The van der Waals surface area contributed by atoms with E-state index in [9.17, 15) is 14.4 Å². The lowest BCUT2D eigenvalue weighted by Gasteiger charge is -2.20. The largest absolute Gasteiger partial charge is 0.457 e. The number of para-hydroxylation sites is 1. The normalized spacial score (nSPS) is 11.8. The molecule has 0 bridgehead atoms. The van der Waals surface area contributed by atoms with Gasteiger partial charge in [0, 0.05) is 37.9 Å². The van der Waals surface area contributed by atoms with E-state index in [1.54, 1.807) is 42.5 Å². The fraction of sp³-hybridized carbons (Fsp3) is 0.0930. The van der Waals surface area contributed by atoms with E-state index in [0.717, 1.165) is 43.7 Å². The SMILES string of the molecule is CCc1cccc(C)c1NC(=O)C(Sc1ccc(NC(=O)/C(=C/c2ccc(-c3ccc(Br)cc3)o2)NC(=O)c2ccccc2)cc1)c1ccccc1. The summed E-state index contributed by atoms with van der Waals surface area (Å²) in [7, 11) is 0. The lowest BCUT2D eigenvalue weighted by atomic mass is 10.1. The molecule has 0 saturated carbocycles. The molecule has 0 spiro atoms. The average Bonchev–Trinajstić information content (AvgIpc) is 3.64. The van der Waals surface area contributed by atoms with Crippen LogP contribution in [0.25, 0.3) is 17.4 Å². The van der Waals surface area contributed by atoms with Crippen LogP contribution in [-0.4, -0.2) is 17.7 Å². The number of aryl methyl sites for hydroxylation is 2. The highest BCUT2D eigenvalue weighted by atomic mass is 79.9. The zero-order valence-corrected chi connectivity index (χ0v) is 31.0. The summed E-state index contributed by atoms with van der Waals surface area (Å²) in [5.74, 6) is -0.0747. The Balaban J connectivity index is 1.21. The number of furan rings is 1. The average molecular weight is 771 g/mol. The van der Waals surface area contributed by atoms with Crippen molar-refractivity contribution < 1.29 is 18.8 Å². The minimum atomic E-state index is -0.530. The number of rotatable bonds is 12. The van der Waals surface area contributed by atoms with Crippen LogP contribution in [0.5, 0.6) is 0 Å². The zero-order chi connectivity index (χ0) is 36.5. The molecule has 0 fully saturated rings. The summed E-state index contributed by atoms with van der Waals surface area (Å²) in [6, 6.07) is 42.9. The molecule has 3 N–H and O–H groups in total. The first-order chi connectivity index (χ1) is 25.3. The third-order valence-electron chi connectivity index (χ3n) is 8.27. The van der Waals surface area contributed by atoms with Crippen LogP contribution in [0.3, 0.4) is 0 Å². The molecular weight excluding hydrogens is 734 g/mol. The van der Waals surface area contributed by atoms with Crippen molar-refractivity contribution in [2.24, 2.45) is 0 Å². The van der Waals surface area contributed by atoms with Gasteiger partial charge in [-0.15, -0.1) is 11.8 Å². The van der Waals surface area contributed by atoms with Crippen molar-refractivity contribution in [1.29, 1.82) is 0 Å². The van der Waals surface area contributed by atoms with Gasteiger partial charge in [-0.3, -0.25) is 14.4 Å². The standard InChI is InChI=1S/C43H36BrN3O4S/c1-3-29-16-10-11-28(2)39(29)47-43(50)40(31-12-6-4-7-13-31)52-36-24-21-34(22-25-36)45-42(49)37(46-41(48)32-14-8-5-9-15-32)27-35-23-26-38(51-35)30-17-19-33(44)20-18-30/h4-27,40H,3H2,1-2H3,(H,45,49)(H,46,48)(H,47,50)/b37-27-. The van der Waals surface area contributed by atoms with Crippen molar-refractivity contribution in [3.8, 4) is 11.3 Å². The van der Waals surface area contributed by atoms with Crippen molar-refractivity contribution in [2.45, 2.75) is 30.4 Å². The minimum absolute atomic E-state index is 0.00692. The van der Waals surface area contributed by atoms with Gasteiger partial charge in [0.15, 0.2) is 0 Å². The van der Waals surface area contributed by atoms with E-state index >= 15 is 0 Å². The van der Waals surface area contributed by atoms with Crippen molar-refractivity contribution in [1.82, 2.24) is 5.32 Å². The molecule has 0 aliphatic rings. The molecule has 1 heterocycles. The number of amides is 3. The molecular formula is C43H36BrN3O4S. The van der Waals surface area contributed by atoms with E-state index < -0.39 is 17.1 Å². The molecule has 6 rings (SSSR count). The molecule has 52 heavy (non-hydrogen) atoms. The van der Waals surface area contributed by atoms with Gasteiger partial charge in [0.25, 0.3) is 11.8 Å². The zero-order valence-electron chi connectivity index (χ0n) is 28.6. The smallest absolute Gasteiger partial charge is 0.272 e. The Hall–Kier alpha value is -5.64. The molecule has 260 valence electrons. The van der Waals surface area contributed by atoms with Gasteiger partial charge in [-0.05, 0) is 90.7 Å². The molecule has 7 nitrogen and oxygen atoms in total. The molecule has 1 aromatic heterocycles. The van der Waals surface area contributed by atoms with Crippen LogP contribution in [0, 0.1) is 6.92 Å². The second kappa shape index (κ2) is 17.0. The molecule has 0 aliphatic heterocycles. The van der Waals surface area contributed by atoms with Crippen molar-refractivity contribution in [2.75, 3.05) is 10.6 Å². The molecule has 6 aromatic rings. The summed E-state index contributed by atoms with van der Waals surface area (Å²) < 4.78 is 6.98. The number of thioether (sulfide) groups is 1. The summed E-state index contributed by atoms with van der Waals surface area (Å²) >= 11 is 4.87. The van der Waals surface area contributed by atoms with Gasteiger partial charge >= 0.3 is 0 Å². The third kappa shape index (κ3) is 9.17. The number of hydrogen-bond acceptors (Lipinski definition) is 5. The summed E-state index contributed by atoms with van der Waals surface area (Å²) in [6.45, 7) is 4.07. The van der Waals surface area contributed by atoms with Crippen molar-refractivity contribution in [3.63, 3.8) is 0 Å². The second-order valence-electron chi connectivity index (χ2n) is 11.9. The van der Waals surface area contributed by atoms with Crippen LogP contribution < -0.4 is 16.0 Å². The van der Waals surface area contributed by atoms with Gasteiger partial charge in [0.2, 0.25) is 5.91 Å². The van der Waals surface area contributed by atoms with E-state index in [-0.39, 0.29) is 11.6 Å². The number of carbonyl (C=O) groups is 3. The molecule has 5 aromatic carbocycles. The Bertz CT molecular complexity index is 2200. The maximum Gasteiger partial charge on any atom is 0.272 e. The third-order valence-corrected chi connectivity index (χ3v) is 10.1. The van der Waals surface area contributed by atoms with Gasteiger partial charge in [-0.1, -0.05) is 102 Å². The van der Waals surface area contributed by atoms with Crippen LogP contribution >= 0.6 is 27.7 Å². The van der Waals surface area contributed by atoms with E-state index in [2.05, 4.69) is 38.8 Å². The Labute approximate surface area is 315 Å². The molecule has 9 heteroatoms. The Kier molecular flexibility index (Phi) is 11.9. The lowest BCUT2D eigenvalue weighted by Crippen LogP contribution is -2.30. The van der Waals surface area contributed by atoms with Gasteiger partial charge < -0.3 is 20.4 Å². The number of hydrogen-bond donors (Lipinski definition) is 3. The fourth-order valence-electron chi connectivity index (χ4n) is 5.53. The maximum absolute atomic E-state index is 13.8. The highest BCUT2D eigenvalue weighted by Crippen LogP contribution is 2.37. The minimum Gasteiger partial charge on any atom is -0.457 e. The Morgan fingerprint density at radius 1 is 0.769 bits per heavy atom. The first kappa shape index (κ1) is 36.2. The number of halogens is 1. The highest BCUT2D eigenvalue weighted by molar-refractivity contribution is 9.10. The molecule has 3 amide bonds. The predicted molar refractivity (Wildman–Crippen MR) is 213 cm³/mol. The summed E-state index contributed by atoms with van der Waals surface area (Å²) in [5, 5.41) is 8.31. The Morgan fingerprint density at radius 3 is 2.15 bits per heavy atom. The van der Waals surface area contributed by atoms with Crippen LogP contribution in [0.15, 0.2) is 159 Å². The van der Waals surface area contributed by atoms with E-state index in [1.807, 2.05) is 104 Å². The lowest BCUT2D eigenvalue weighted by molar-refractivity contribution is -0.116. The van der Waals surface area contributed by atoms with Gasteiger partial charge in [-0.2, -0.15) is 0 Å². The molecule has 0 saturated heterocycles. The fourth-order valence-corrected chi connectivity index (χ4v) is 6.82. The summed E-state index contributed by atoms with van der Waals surface area (Å²) in [5.41, 5.74) is 5.60. The monoisotopic (exact) mass is 769 g/mol. The van der Waals surface area contributed by atoms with E-state index in [1.165, 1.54) is 17.8 Å². The second-order valence-corrected chi connectivity index (χ2v) is 14.0. The van der Waals surface area contributed by atoms with Crippen LogP contribution in [0.4, 0.5) is 11.4 Å². The highest BCUT2D eigenvalue weighted by Gasteiger charge is 2.24. The van der Waals surface area contributed by atoms with Gasteiger partial charge in [0.1, 0.15) is 22.5 Å². The number of anilines is 2. The Morgan fingerprint density at radius 2 is 1.46 bits per heavy atom. The topological polar surface area (TPSA) is 100 Å². The molecule has 0 radical (unpaired) electrons. The van der Waals surface area contributed by atoms with Crippen LogP contribution in [0.2, 0.25) is 0 Å². The van der Waals surface area contributed by atoms with E-state index in [4.69, 9.17) is 4.42 Å². The first-order valence-electron chi connectivity index (χ1n) is 16.7. The number of benzene rings is 5.